The Kier molecular flexibility index (Phi) is 4.15. The van der Waals surface area contributed by atoms with E-state index in [-0.39, 0.29) is 5.82 Å². The first-order valence-electron chi connectivity index (χ1n) is 7.20. The summed E-state index contributed by atoms with van der Waals surface area (Å²) in [5, 5.41) is 0. The molecule has 0 fully saturated rings. The molecule has 0 aliphatic heterocycles. The van der Waals surface area contributed by atoms with Crippen LogP contribution in [0.4, 0.5) is 4.39 Å². The van der Waals surface area contributed by atoms with Crippen LogP contribution in [0.15, 0.2) is 48.8 Å². The van der Waals surface area contributed by atoms with Gasteiger partial charge in [0.15, 0.2) is 4.77 Å². The zero-order valence-corrected chi connectivity index (χ0v) is 13.0. The molecular formula is C17H16FN3S. The Morgan fingerprint density at radius 3 is 2.41 bits per heavy atom. The standard InChI is InChI=1S/C17H16FN3S/c1-2-11-21-16(13-3-5-14(18)6-4-13)15(20-17(21)22)12-7-9-19-10-8-12/h3-10H,2,11H2,1H3,(H,20,22). The van der Waals surface area contributed by atoms with Gasteiger partial charge in [0, 0.05) is 30.1 Å². The molecule has 3 nitrogen and oxygen atoms in total. The smallest absolute Gasteiger partial charge is 0.178 e. The average Bonchev–Trinajstić information content (AvgIpc) is 2.87. The number of halogens is 1. The van der Waals surface area contributed by atoms with Crippen molar-refractivity contribution in [2.45, 2.75) is 19.9 Å². The topological polar surface area (TPSA) is 33.6 Å². The molecule has 0 radical (unpaired) electrons. The Hall–Kier alpha value is -2.27. The Labute approximate surface area is 133 Å². The fourth-order valence-corrected chi connectivity index (χ4v) is 2.83. The van der Waals surface area contributed by atoms with E-state index in [1.165, 1.54) is 12.1 Å². The number of rotatable bonds is 4. The molecule has 0 aliphatic rings. The van der Waals surface area contributed by atoms with E-state index in [0.29, 0.717) is 4.77 Å². The predicted molar refractivity (Wildman–Crippen MR) is 88.5 cm³/mol. The van der Waals surface area contributed by atoms with E-state index in [4.69, 9.17) is 12.2 Å². The summed E-state index contributed by atoms with van der Waals surface area (Å²) in [5.74, 6) is -0.245. The van der Waals surface area contributed by atoms with Gasteiger partial charge in [-0.1, -0.05) is 6.92 Å². The lowest BCUT2D eigenvalue weighted by Crippen LogP contribution is -2.00. The summed E-state index contributed by atoms with van der Waals surface area (Å²) in [6.45, 7) is 2.92. The number of hydrogen-bond acceptors (Lipinski definition) is 2. The third-order valence-electron chi connectivity index (χ3n) is 3.52. The molecule has 2 heterocycles. The van der Waals surface area contributed by atoms with Crippen molar-refractivity contribution in [2.75, 3.05) is 0 Å². The summed E-state index contributed by atoms with van der Waals surface area (Å²) in [4.78, 5) is 7.34. The lowest BCUT2D eigenvalue weighted by atomic mass is 10.1. The number of pyridine rings is 1. The van der Waals surface area contributed by atoms with Gasteiger partial charge in [0.2, 0.25) is 0 Å². The lowest BCUT2D eigenvalue weighted by Gasteiger charge is -2.10. The van der Waals surface area contributed by atoms with Crippen LogP contribution < -0.4 is 0 Å². The van der Waals surface area contributed by atoms with Crippen molar-refractivity contribution in [3.05, 3.63) is 59.4 Å². The van der Waals surface area contributed by atoms with Crippen molar-refractivity contribution in [3.63, 3.8) is 0 Å². The highest BCUT2D eigenvalue weighted by Gasteiger charge is 2.15. The molecule has 0 saturated carbocycles. The van der Waals surface area contributed by atoms with Crippen molar-refractivity contribution >= 4 is 12.2 Å². The van der Waals surface area contributed by atoms with E-state index in [1.54, 1.807) is 24.5 Å². The summed E-state index contributed by atoms with van der Waals surface area (Å²) in [7, 11) is 0. The van der Waals surface area contributed by atoms with Crippen molar-refractivity contribution < 1.29 is 4.39 Å². The van der Waals surface area contributed by atoms with Crippen LogP contribution in [0.25, 0.3) is 22.5 Å². The van der Waals surface area contributed by atoms with Gasteiger partial charge >= 0.3 is 0 Å². The van der Waals surface area contributed by atoms with Crippen molar-refractivity contribution in [1.82, 2.24) is 14.5 Å². The second-order valence-corrected chi connectivity index (χ2v) is 5.43. The molecule has 0 atom stereocenters. The molecule has 0 unspecified atom stereocenters. The first-order valence-corrected chi connectivity index (χ1v) is 7.60. The third kappa shape index (κ3) is 2.72. The van der Waals surface area contributed by atoms with Crippen molar-refractivity contribution in [1.29, 1.82) is 0 Å². The number of benzene rings is 1. The first-order chi connectivity index (χ1) is 10.7. The Morgan fingerprint density at radius 2 is 1.77 bits per heavy atom. The van der Waals surface area contributed by atoms with Crippen LogP contribution in [0.2, 0.25) is 0 Å². The molecule has 1 N–H and O–H groups in total. The molecule has 5 heteroatoms. The number of nitrogens with zero attached hydrogens (tertiary/aromatic N) is 2. The number of imidazole rings is 1. The van der Waals surface area contributed by atoms with E-state index >= 15 is 0 Å². The zero-order valence-electron chi connectivity index (χ0n) is 12.2. The molecule has 0 saturated heterocycles. The minimum atomic E-state index is -0.245. The van der Waals surface area contributed by atoms with Crippen LogP contribution >= 0.6 is 12.2 Å². The van der Waals surface area contributed by atoms with E-state index in [0.717, 1.165) is 35.5 Å². The molecule has 0 aliphatic carbocycles. The first kappa shape index (κ1) is 14.7. The monoisotopic (exact) mass is 313 g/mol. The van der Waals surface area contributed by atoms with Gasteiger partial charge in [0.05, 0.1) is 11.4 Å². The van der Waals surface area contributed by atoms with Crippen molar-refractivity contribution in [3.8, 4) is 22.5 Å². The molecule has 22 heavy (non-hydrogen) atoms. The number of aromatic nitrogens is 3. The molecule has 0 spiro atoms. The largest absolute Gasteiger partial charge is 0.330 e. The minimum Gasteiger partial charge on any atom is -0.330 e. The lowest BCUT2D eigenvalue weighted by molar-refractivity contribution is 0.627. The molecule has 0 bridgehead atoms. The van der Waals surface area contributed by atoms with Gasteiger partial charge in [-0.3, -0.25) is 4.98 Å². The fourth-order valence-electron chi connectivity index (χ4n) is 2.54. The Balaban J connectivity index is 2.25. The minimum absolute atomic E-state index is 0.245. The van der Waals surface area contributed by atoms with Crippen LogP contribution in [-0.2, 0) is 6.54 Å². The molecule has 3 rings (SSSR count). The predicted octanol–water partition coefficient (Wildman–Crippen LogP) is 4.82. The summed E-state index contributed by atoms with van der Waals surface area (Å²) in [6, 6.07) is 10.4. The van der Waals surface area contributed by atoms with Crippen LogP contribution in [0.5, 0.6) is 0 Å². The maximum atomic E-state index is 13.2. The Bertz CT molecular complexity index is 819. The summed E-state index contributed by atoms with van der Waals surface area (Å²) < 4.78 is 16.0. The van der Waals surface area contributed by atoms with Crippen LogP contribution in [0, 0.1) is 10.6 Å². The van der Waals surface area contributed by atoms with Gasteiger partial charge < -0.3 is 9.55 Å². The van der Waals surface area contributed by atoms with Crippen LogP contribution in [-0.4, -0.2) is 14.5 Å². The summed E-state index contributed by atoms with van der Waals surface area (Å²) in [5.41, 5.74) is 3.87. The average molecular weight is 313 g/mol. The van der Waals surface area contributed by atoms with Crippen LogP contribution in [0.3, 0.4) is 0 Å². The van der Waals surface area contributed by atoms with E-state index in [9.17, 15) is 4.39 Å². The molecule has 1 aromatic carbocycles. The quantitative estimate of drug-likeness (QED) is 0.700. The summed E-state index contributed by atoms with van der Waals surface area (Å²) in [6.07, 6.45) is 4.46. The van der Waals surface area contributed by atoms with Crippen LogP contribution in [0.1, 0.15) is 13.3 Å². The number of H-pyrrole nitrogens is 1. The molecule has 3 aromatic rings. The van der Waals surface area contributed by atoms with Gasteiger partial charge in [-0.15, -0.1) is 0 Å². The highest BCUT2D eigenvalue weighted by Crippen LogP contribution is 2.32. The molecular weight excluding hydrogens is 297 g/mol. The van der Waals surface area contributed by atoms with Gasteiger partial charge in [-0.2, -0.15) is 0 Å². The maximum absolute atomic E-state index is 13.2. The van der Waals surface area contributed by atoms with Gasteiger partial charge in [0.25, 0.3) is 0 Å². The second-order valence-electron chi connectivity index (χ2n) is 5.05. The molecule has 2 aromatic heterocycles. The highest BCUT2D eigenvalue weighted by atomic mass is 32.1. The normalized spacial score (nSPS) is 10.8. The SMILES string of the molecule is CCCn1c(-c2ccc(F)cc2)c(-c2ccncc2)[nH]c1=S. The number of nitrogens with one attached hydrogen (secondary N) is 1. The molecule has 0 amide bonds. The summed E-state index contributed by atoms with van der Waals surface area (Å²) >= 11 is 5.47. The van der Waals surface area contributed by atoms with E-state index < -0.39 is 0 Å². The maximum Gasteiger partial charge on any atom is 0.178 e. The Morgan fingerprint density at radius 1 is 1.09 bits per heavy atom. The van der Waals surface area contributed by atoms with Gasteiger partial charge in [-0.25, -0.2) is 4.39 Å². The van der Waals surface area contributed by atoms with Gasteiger partial charge in [-0.05, 0) is 55.0 Å². The molecule has 112 valence electrons. The fraction of sp³-hybridized carbons (Fsp3) is 0.176. The number of hydrogen-bond donors (Lipinski definition) is 1. The van der Waals surface area contributed by atoms with Gasteiger partial charge in [0.1, 0.15) is 5.82 Å². The highest BCUT2D eigenvalue weighted by molar-refractivity contribution is 7.71. The van der Waals surface area contributed by atoms with E-state index in [2.05, 4.69) is 21.5 Å². The zero-order chi connectivity index (χ0) is 15.5. The second kappa shape index (κ2) is 6.23. The number of aromatic amines is 1. The van der Waals surface area contributed by atoms with Crippen molar-refractivity contribution in [2.24, 2.45) is 0 Å². The third-order valence-corrected chi connectivity index (χ3v) is 3.84. The van der Waals surface area contributed by atoms with E-state index in [1.807, 2.05) is 12.1 Å².